The van der Waals surface area contributed by atoms with Crippen LogP contribution in [0.1, 0.15) is 14.9 Å². The monoisotopic (exact) mass is 190 g/mol. The predicted octanol–water partition coefficient (Wildman–Crippen LogP) is 1.73. The van der Waals surface area contributed by atoms with Gasteiger partial charge in [0.15, 0.2) is 0 Å². The van der Waals surface area contributed by atoms with Crippen LogP contribution in [0, 0.1) is 0 Å². The molecular weight excluding hydrogens is 176 g/mol. The summed E-state index contributed by atoms with van der Waals surface area (Å²) in [7, 11) is 0. The van der Waals surface area contributed by atoms with Gasteiger partial charge in [-0.05, 0) is 0 Å². The maximum atomic E-state index is 8.56. The van der Waals surface area contributed by atoms with E-state index in [1.807, 2.05) is 0 Å². The van der Waals surface area contributed by atoms with Crippen molar-refractivity contribution in [2.45, 2.75) is 14.9 Å². The van der Waals surface area contributed by atoms with Crippen molar-refractivity contribution < 1.29 is 40.5 Å². The molecule has 0 unspecified atom stereocenters. The van der Waals surface area contributed by atoms with Crippen LogP contribution in [0.2, 0.25) is 0 Å². The van der Waals surface area contributed by atoms with Gasteiger partial charge in [-0.2, -0.15) is 0 Å². The highest BCUT2D eigenvalue weighted by Gasteiger charge is 1.70. The number of carbonyl (C=O) groups is 2. The minimum absolute atomic E-state index is 0. The average molecular weight is 190 g/mol. The highest BCUT2D eigenvalue weighted by atomic mass is 17.0. The fourth-order valence-electron chi connectivity index (χ4n) is 0. The van der Waals surface area contributed by atoms with E-state index in [1.54, 1.807) is 0 Å². The molecule has 0 radical (unpaired) electrons. The van der Waals surface area contributed by atoms with Gasteiger partial charge in [0.2, 0.25) is 0 Å². The van der Waals surface area contributed by atoms with Crippen LogP contribution < -0.4 is 0 Å². The zero-order valence-corrected chi connectivity index (χ0v) is 4.50. The largest absolute Gasteiger partial charge is 0.503 e. The molecule has 0 aromatic carbocycles. The van der Waals surface area contributed by atoms with Gasteiger partial charge in [-0.3, -0.25) is 10.5 Å². The van der Waals surface area contributed by atoms with Crippen LogP contribution in [0.5, 0.6) is 0 Å². The van der Waals surface area contributed by atoms with E-state index in [4.69, 9.17) is 40.5 Å². The second-order valence-electron chi connectivity index (χ2n) is 0.565. The normalized spacial score (nSPS) is 4.50. The van der Waals surface area contributed by atoms with Crippen molar-refractivity contribution in [1.29, 1.82) is 0 Å². The second kappa shape index (κ2) is 34.0. The molecule has 0 amide bonds. The van der Waals surface area contributed by atoms with Crippen molar-refractivity contribution in [3.8, 4) is 0 Å². The van der Waals surface area contributed by atoms with E-state index in [1.165, 1.54) is 0 Å². The van der Waals surface area contributed by atoms with Crippen molar-refractivity contribution in [3.05, 3.63) is 0 Å². The van der Waals surface area contributed by atoms with Gasteiger partial charge in [0, 0.05) is 0 Å². The average Bonchev–Trinajstić information content (AvgIpc) is 1.66. The molecule has 0 fully saturated rings. The summed E-state index contributed by atoms with van der Waals surface area (Å²) in [6, 6.07) is 0. The van der Waals surface area contributed by atoms with Crippen molar-refractivity contribution in [2.75, 3.05) is 0 Å². The Morgan fingerprint density at radius 1 is 0.667 bits per heavy atom. The highest BCUT2D eigenvalue weighted by Crippen LogP contribution is 1.43. The molecule has 0 saturated heterocycles. The van der Waals surface area contributed by atoms with E-state index in [2.05, 4.69) is 0 Å². The van der Waals surface area contributed by atoms with Gasteiger partial charge < -0.3 is 20.4 Å². The number of rotatable bonds is 0. The lowest BCUT2D eigenvalue weighted by atomic mass is 11.5. The minimum Gasteiger partial charge on any atom is -0.450 e. The summed E-state index contributed by atoms with van der Waals surface area (Å²) in [5, 5.41) is 39.9. The van der Waals surface area contributed by atoms with Gasteiger partial charge in [-0.15, -0.1) is 0 Å². The van der Waals surface area contributed by atoms with Crippen molar-refractivity contribution in [3.63, 3.8) is 0 Å². The molecule has 12 heavy (non-hydrogen) atoms. The Hall–Kier alpha value is -1.54. The molecule has 0 aliphatic carbocycles. The number of hydrogen-bond donors (Lipinski definition) is 6. The summed E-state index contributed by atoms with van der Waals surface area (Å²) in [5.74, 6) is 0. The third-order valence-corrected chi connectivity index (χ3v) is 0. The van der Waals surface area contributed by atoms with E-state index in [-0.39, 0.29) is 14.9 Å². The summed E-state index contributed by atoms with van der Waals surface area (Å²) in [5.41, 5.74) is 0. The van der Waals surface area contributed by atoms with Crippen LogP contribution >= 0.6 is 0 Å². The standard InChI is InChI=1S/2CH2O3.2CH4.H2O2/c2*2-1(3)4;;;1-2/h2*(H2,2,3,4);2*1H4;1-2H. The SMILES string of the molecule is C.C.O=C(O)O.O=C(O)O.OO. The quantitative estimate of drug-likeness (QED) is 0.249. The Balaban J connectivity index is -0.0000000198. The van der Waals surface area contributed by atoms with Gasteiger partial charge >= 0.3 is 12.3 Å². The van der Waals surface area contributed by atoms with Crippen LogP contribution in [0.4, 0.5) is 9.59 Å². The summed E-state index contributed by atoms with van der Waals surface area (Å²) in [4.78, 5) is 17.1. The van der Waals surface area contributed by atoms with E-state index in [0.717, 1.165) is 0 Å². The molecule has 8 heteroatoms. The molecule has 0 spiro atoms. The third-order valence-electron chi connectivity index (χ3n) is 0. The van der Waals surface area contributed by atoms with Crippen LogP contribution in [0.3, 0.4) is 0 Å². The van der Waals surface area contributed by atoms with Crippen LogP contribution in [-0.2, 0) is 0 Å². The third kappa shape index (κ3) is 199. The fourth-order valence-corrected chi connectivity index (χ4v) is 0. The first-order valence-electron chi connectivity index (χ1n) is 1.50. The molecule has 0 heterocycles. The number of carboxylic acid groups (broad SMARTS) is 4. The van der Waals surface area contributed by atoms with Gasteiger partial charge in [0.1, 0.15) is 0 Å². The van der Waals surface area contributed by atoms with Gasteiger partial charge in [0.25, 0.3) is 0 Å². The minimum atomic E-state index is -1.83. The smallest absolute Gasteiger partial charge is 0.450 e. The Kier molecular flexibility index (Phi) is 89.1. The molecule has 0 aliphatic heterocycles. The molecule has 6 N–H and O–H groups in total. The molecular formula is C4H14O8. The van der Waals surface area contributed by atoms with Gasteiger partial charge in [-0.25, -0.2) is 9.59 Å². The molecule has 0 aromatic rings. The highest BCUT2D eigenvalue weighted by molar-refractivity contribution is 5.53. The molecule has 0 rings (SSSR count). The fraction of sp³-hybridized carbons (Fsp3) is 0.500. The molecule has 0 saturated carbocycles. The molecule has 8 nitrogen and oxygen atoms in total. The lowest BCUT2D eigenvalue weighted by molar-refractivity contribution is -0.176. The van der Waals surface area contributed by atoms with E-state index >= 15 is 0 Å². The van der Waals surface area contributed by atoms with Crippen LogP contribution in [0.15, 0.2) is 0 Å². The Labute approximate surface area is 68.9 Å². The zero-order valence-electron chi connectivity index (χ0n) is 4.50. The van der Waals surface area contributed by atoms with E-state index in [9.17, 15) is 0 Å². The maximum Gasteiger partial charge on any atom is 0.503 e. The molecule has 78 valence electrons. The van der Waals surface area contributed by atoms with Crippen molar-refractivity contribution >= 4 is 12.3 Å². The van der Waals surface area contributed by atoms with Crippen molar-refractivity contribution in [1.82, 2.24) is 0 Å². The molecule has 0 aliphatic rings. The van der Waals surface area contributed by atoms with E-state index in [0.29, 0.717) is 0 Å². The summed E-state index contributed by atoms with van der Waals surface area (Å²) in [6.07, 6.45) is -3.67. The van der Waals surface area contributed by atoms with Crippen molar-refractivity contribution in [2.24, 2.45) is 0 Å². The van der Waals surface area contributed by atoms with Crippen LogP contribution in [-0.4, -0.2) is 43.3 Å². The topological polar surface area (TPSA) is 156 Å². The molecule has 0 atom stereocenters. The van der Waals surface area contributed by atoms with Gasteiger partial charge in [-0.1, -0.05) is 14.9 Å². The lowest BCUT2D eigenvalue weighted by Gasteiger charge is -1.60. The lowest BCUT2D eigenvalue weighted by Crippen LogP contribution is -1.81. The first-order valence-corrected chi connectivity index (χ1v) is 1.50. The Morgan fingerprint density at radius 2 is 0.667 bits per heavy atom. The molecule has 0 bridgehead atoms. The maximum absolute atomic E-state index is 8.56. The van der Waals surface area contributed by atoms with Gasteiger partial charge in [0.05, 0.1) is 0 Å². The summed E-state index contributed by atoms with van der Waals surface area (Å²) >= 11 is 0. The summed E-state index contributed by atoms with van der Waals surface area (Å²) < 4.78 is 0. The van der Waals surface area contributed by atoms with E-state index < -0.39 is 12.3 Å². The Bertz CT molecular complexity index is 69.1. The van der Waals surface area contributed by atoms with Crippen LogP contribution in [0.25, 0.3) is 0 Å². The molecule has 0 aromatic heterocycles. The Morgan fingerprint density at radius 3 is 0.667 bits per heavy atom. The predicted molar refractivity (Wildman–Crippen MR) is 40.0 cm³/mol. The second-order valence-corrected chi connectivity index (χ2v) is 0.565. The zero-order chi connectivity index (χ0) is 9.15. The first kappa shape index (κ1) is 31.4. The first-order chi connectivity index (χ1) is 4.46. The number of hydrogen-bond acceptors (Lipinski definition) is 4. The summed E-state index contributed by atoms with van der Waals surface area (Å²) in [6.45, 7) is 0.